The molecule has 0 aliphatic heterocycles. The molecular weight excluding hydrogens is 175 g/mol. The standard InChI is InChI=1S/C5H11.In/c1-5(2,3)4;/h1H2,2-4H3;. The van der Waals surface area contributed by atoms with Crippen molar-refractivity contribution in [3.63, 3.8) is 0 Å². The minimum atomic E-state index is 0.599. The van der Waals surface area contributed by atoms with Crippen LogP contribution in [-0.2, 0) is 0 Å². The number of hydrogen-bond donors (Lipinski definition) is 0. The topological polar surface area (TPSA) is 0 Å². The second-order valence-corrected chi connectivity index (χ2v) is 3.93. The van der Waals surface area contributed by atoms with Crippen molar-refractivity contribution in [3.8, 4) is 0 Å². The van der Waals surface area contributed by atoms with Crippen LogP contribution in [0.1, 0.15) is 20.8 Å². The molecule has 0 fully saturated rings. The van der Waals surface area contributed by atoms with E-state index in [0.717, 1.165) is 0 Å². The van der Waals surface area contributed by atoms with E-state index >= 15 is 0 Å². The second kappa shape index (κ2) is 2.25. The van der Waals surface area contributed by atoms with E-state index in [4.69, 9.17) is 0 Å². The molecule has 0 N–H and O–H groups in total. The van der Waals surface area contributed by atoms with Crippen molar-refractivity contribution in [3.05, 3.63) is 0 Å². The van der Waals surface area contributed by atoms with Gasteiger partial charge in [-0.15, -0.1) is 0 Å². The predicted octanol–water partition coefficient (Wildman–Crippen LogP) is 1.62. The van der Waals surface area contributed by atoms with Gasteiger partial charge in [0.1, 0.15) is 0 Å². The Morgan fingerprint density at radius 1 is 1.33 bits per heavy atom. The molecule has 0 saturated carbocycles. The molecule has 0 rings (SSSR count). The summed E-state index contributed by atoms with van der Waals surface area (Å²) in [6.45, 7) is 6.83. The van der Waals surface area contributed by atoms with Crippen LogP contribution in [0, 0.1) is 5.41 Å². The van der Waals surface area contributed by atoms with Crippen LogP contribution in [0.3, 0.4) is 0 Å². The molecule has 0 saturated heterocycles. The van der Waals surface area contributed by atoms with Crippen molar-refractivity contribution < 1.29 is 0 Å². The number of hydrogen-bond acceptors (Lipinski definition) is 0. The summed E-state index contributed by atoms with van der Waals surface area (Å²) < 4.78 is 1.40. The van der Waals surface area contributed by atoms with Gasteiger partial charge < -0.3 is 0 Å². The molecule has 1 heteroatoms. The van der Waals surface area contributed by atoms with E-state index in [-0.39, 0.29) is 0 Å². The first-order chi connectivity index (χ1) is 2.56. The third kappa shape index (κ3) is 4.87. The maximum absolute atomic E-state index is 2.28. The van der Waals surface area contributed by atoms with Crippen LogP contribution < -0.4 is 0 Å². The quantitative estimate of drug-likeness (QED) is 0.539. The van der Waals surface area contributed by atoms with Gasteiger partial charge >= 0.3 is 54.7 Å². The van der Waals surface area contributed by atoms with Gasteiger partial charge in [0, 0.05) is 0 Å². The second-order valence-electron chi connectivity index (χ2n) is 2.76. The third-order valence-electron chi connectivity index (χ3n) is 0.612. The Hall–Kier alpha value is 0.870. The van der Waals surface area contributed by atoms with Gasteiger partial charge in [0.25, 0.3) is 0 Å². The van der Waals surface area contributed by atoms with Crippen molar-refractivity contribution in [2.45, 2.75) is 24.9 Å². The summed E-state index contributed by atoms with van der Waals surface area (Å²) in [4.78, 5) is 0. The molecular formula is C5H11In. The van der Waals surface area contributed by atoms with Crippen LogP contribution in [0.5, 0.6) is 0 Å². The van der Waals surface area contributed by atoms with Crippen molar-refractivity contribution in [2.75, 3.05) is 0 Å². The predicted molar refractivity (Wildman–Crippen MR) is 30.0 cm³/mol. The van der Waals surface area contributed by atoms with Gasteiger partial charge in [-0.3, -0.25) is 0 Å². The van der Waals surface area contributed by atoms with E-state index in [1.165, 1.54) is 28.6 Å². The molecule has 0 amide bonds. The Morgan fingerprint density at radius 2 is 1.50 bits per heavy atom. The SMILES string of the molecule is CC(C)(C)[CH2][In]. The molecule has 0 bridgehead atoms. The van der Waals surface area contributed by atoms with E-state index in [9.17, 15) is 0 Å². The van der Waals surface area contributed by atoms with Crippen LogP contribution in [-0.4, -0.2) is 24.4 Å². The summed E-state index contributed by atoms with van der Waals surface area (Å²) >= 11 is 1.40. The van der Waals surface area contributed by atoms with Crippen LogP contribution in [0.15, 0.2) is 0 Å². The van der Waals surface area contributed by atoms with Crippen LogP contribution >= 0.6 is 0 Å². The Labute approximate surface area is 54.9 Å². The fraction of sp³-hybridized carbons (Fsp3) is 1.00. The molecule has 6 heavy (non-hydrogen) atoms. The van der Waals surface area contributed by atoms with Crippen molar-refractivity contribution in [1.82, 2.24) is 0 Å². The van der Waals surface area contributed by atoms with Crippen molar-refractivity contribution in [2.24, 2.45) is 5.41 Å². The Morgan fingerprint density at radius 3 is 1.50 bits per heavy atom. The van der Waals surface area contributed by atoms with Gasteiger partial charge in [-0.05, 0) is 0 Å². The zero-order valence-electron chi connectivity index (χ0n) is 4.78. The fourth-order valence-corrected chi connectivity index (χ4v) is 0. The van der Waals surface area contributed by atoms with E-state index in [0.29, 0.717) is 5.41 Å². The Bertz CT molecular complexity index is 33.7. The molecule has 0 unspecified atom stereocenters. The fourth-order valence-electron chi connectivity index (χ4n) is 0. The third-order valence-corrected chi connectivity index (χ3v) is 4.11. The zero-order chi connectivity index (χ0) is 5.21. The summed E-state index contributed by atoms with van der Waals surface area (Å²) in [5, 5.41) is 0. The van der Waals surface area contributed by atoms with Crippen LogP contribution in [0.2, 0.25) is 4.18 Å². The van der Waals surface area contributed by atoms with Gasteiger partial charge in [0.05, 0.1) is 0 Å². The minimum absolute atomic E-state index is 0.599. The average Bonchev–Trinajstić information content (AvgIpc) is 1.35. The summed E-state index contributed by atoms with van der Waals surface area (Å²) in [5.74, 6) is 0. The summed E-state index contributed by atoms with van der Waals surface area (Å²) in [6, 6.07) is 0. The van der Waals surface area contributed by atoms with E-state index in [1.54, 1.807) is 0 Å². The van der Waals surface area contributed by atoms with Gasteiger partial charge in [-0.25, -0.2) is 0 Å². The monoisotopic (exact) mass is 186 g/mol. The molecule has 2 radical (unpaired) electrons. The van der Waals surface area contributed by atoms with Crippen LogP contribution in [0.25, 0.3) is 0 Å². The molecule has 0 heterocycles. The van der Waals surface area contributed by atoms with Crippen LogP contribution in [0.4, 0.5) is 0 Å². The molecule has 0 aromatic heterocycles. The first-order valence-electron chi connectivity index (χ1n) is 2.26. The average molecular weight is 186 g/mol. The molecule has 0 aromatic carbocycles. The molecule has 0 nitrogen and oxygen atoms in total. The molecule has 34 valence electrons. The van der Waals surface area contributed by atoms with Gasteiger partial charge in [-0.1, -0.05) is 0 Å². The van der Waals surface area contributed by atoms with Crippen molar-refractivity contribution >= 4 is 24.4 Å². The van der Waals surface area contributed by atoms with Crippen molar-refractivity contribution in [1.29, 1.82) is 0 Å². The number of rotatable bonds is 0. The first kappa shape index (κ1) is 6.87. The summed E-state index contributed by atoms with van der Waals surface area (Å²) in [6.07, 6.45) is 0. The Balaban J connectivity index is 3.17. The zero-order valence-corrected chi connectivity index (χ0v) is 8.08. The molecule has 0 spiro atoms. The Kier molecular flexibility index (Phi) is 2.57. The van der Waals surface area contributed by atoms with Gasteiger partial charge in [0.15, 0.2) is 0 Å². The van der Waals surface area contributed by atoms with E-state index in [2.05, 4.69) is 20.8 Å². The molecule has 0 atom stereocenters. The van der Waals surface area contributed by atoms with E-state index in [1.807, 2.05) is 0 Å². The molecule has 0 aliphatic rings. The summed E-state index contributed by atoms with van der Waals surface area (Å²) in [7, 11) is 0. The normalized spacial score (nSPS) is 11.8. The van der Waals surface area contributed by atoms with Gasteiger partial charge in [-0.2, -0.15) is 0 Å². The first-order valence-corrected chi connectivity index (χ1v) is 4.59. The molecule has 0 aromatic rings. The van der Waals surface area contributed by atoms with E-state index < -0.39 is 0 Å². The molecule has 0 aliphatic carbocycles. The van der Waals surface area contributed by atoms with Gasteiger partial charge in [0.2, 0.25) is 0 Å². The summed E-state index contributed by atoms with van der Waals surface area (Å²) in [5.41, 5.74) is 0.599. The maximum atomic E-state index is 2.28.